The summed E-state index contributed by atoms with van der Waals surface area (Å²) in [4.78, 5) is 7.90. The molecule has 1 aromatic carbocycles. The van der Waals surface area contributed by atoms with Crippen LogP contribution in [0.15, 0.2) is 30.5 Å². The minimum atomic E-state index is 0.188. The lowest BCUT2D eigenvalue weighted by atomic mass is 10.3. The van der Waals surface area contributed by atoms with Gasteiger partial charge in [0.2, 0.25) is 11.8 Å². The lowest BCUT2D eigenvalue weighted by Crippen LogP contribution is -1.98. The molecule has 17 heavy (non-hydrogen) atoms. The smallest absolute Gasteiger partial charge is 0.226 e. The number of hydrogen-bond donors (Lipinski definition) is 1. The molecule has 2 aromatic rings. The van der Waals surface area contributed by atoms with Gasteiger partial charge in [-0.25, -0.2) is 4.98 Å². The number of nitrogens with zero attached hydrogens (tertiary/aromatic N) is 2. The molecule has 5 heteroatoms. The molecule has 0 aliphatic carbocycles. The van der Waals surface area contributed by atoms with Crippen LogP contribution in [0.5, 0.6) is 17.4 Å². The van der Waals surface area contributed by atoms with Crippen LogP contribution >= 0.6 is 0 Å². The Bertz CT molecular complexity index is 529. The molecule has 0 saturated heterocycles. The molecule has 2 rings (SSSR count). The van der Waals surface area contributed by atoms with Crippen LogP contribution in [0.25, 0.3) is 0 Å². The third-order valence-electron chi connectivity index (χ3n) is 2.20. The SMILES string of the molecule is COc1cccc(Oc2nc(N)ncc2C)c1. The van der Waals surface area contributed by atoms with E-state index in [1.165, 1.54) is 0 Å². The van der Waals surface area contributed by atoms with E-state index >= 15 is 0 Å². The van der Waals surface area contributed by atoms with E-state index in [0.717, 1.165) is 11.3 Å². The van der Waals surface area contributed by atoms with Crippen molar-refractivity contribution in [2.45, 2.75) is 6.92 Å². The van der Waals surface area contributed by atoms with Gasteiger partial charge in [0.1, 0.15) is 11.5 Å². The second-order valence-electron chi connectivity index (χ2n) is 3.50. The Morgan fingerprint density at radius 3 is 2.76 bits per heavy atom. The Morgan fingerprint density at radius 2 is 2.00 bits per heavy atom. The molecule has 1 heterocycles. The van der Waals surface area contributed by atoms with Crippen molar-refractivity contribution >= 4 is 5.95 Å². The van der Waals surface area contributed by atoms with E-state index in [4.69, 9.17) is 15.2 Å². The molecule has 2 N–H and O–H groups in total. The van der Waals surface area contributed by atoms with Crippen LogP contribution in [0.1, 0.15) is 5.56 Å². The number of ether oxygens (including phenoxy) is 2. The third kappa shape index (κ3) is 2.63. The molecule has 0 bridgehead atoms. The zero-order chi connectivity index (χ0) is 12.3. The fraction of sp³-hybridized carbons (Fsp3) is 0.167. The maximum Gasteiger partial charge on any atom is 0.226 e. The molecule has 0 saturated carbocycles. The Hall–Kier alpha value is -2.30. The summed E-state index contributed by atoms with van der Waals surface area (Å²) in [5, 5.41) is 0. The minimum absolute atomic E-state index is 0.188. The fourth-order valence-electron chi connectivity index (χ4n) is 1.32. The summed E-state index contributed by atoms with van der Waals surface area (Å²) in [6, 6.07) is 7.28. The van der Waals surface area contributed by atoms with Crippen LogP contribution in [-0.4, -0.2) is 17.1 Å². The molecule has 0 atom stereocenters. The van der Waals surface area contributed by atoms with E-state index in [-0.39, 0.29) is 5.95 Å². The molecule has 88 valence electrons. The van der Waals surface area contributed by atoms with Crippen molar-refractivity contribution in [3.8, 4) is 17.4 Å². The van der Waals surface area contributed by atoms with Crippen LogP contribution < -0.4 is 15.2 Å². The summed E-state index contributed by atoms with van der Waals surface area (Å²) in [7, 11) is 1.60. The average Bonchev–Trinajstić information content (AvgIpc) is 2.34. The fourth-order valence-corrected chi connectivity index (χ4v) is 1.32. The minimum Gasteiger partial charge on any atom is -0.497 e. The summed E-state index contributed by atoms with van der Waals surface area (Å²) < 4.78 is 10.7. The molecule has 0 amide bonds. The third-order valence-corrected chi connectivity index (χ3v) is 2.20. The molecule has 0 aliphatic heterocycles. The first-order chi connectivity index (χ1) is 8.19. The molecule has 0 fully saturated rings. The monoisotopic (exact) mass is 231 g/mol. The number of methoxy groups -OCH3 is 1. The van der Waals surface area contributed by atoms with Crippen LogP contribution in [0.3, 0.4) is 0 Å². The van der Waals surface area contributed by atoms with Gasteiger partial charge in [0.05, 0.1) is 7.11 Å². The number of aryl methyl sites for hydroxylation is 1. The van der Waals surface area contributed by atoms with Crippen LogP contribution in [-0.2, 0) is 0 Å². The van der Waals surface area contributed by atoms with Crippen molar-refractivity contribution in [2.24, 2.45) is 0 Å². The Labute approximate surface area is 99.2 Å². The summed E-state index contributed by atoms with van der Waals surface area (Å²) >= 11 is 0. The number of anilines is 1. The van der Waals surface area contributed by atoms with Gasteiger partial charge in [0.15, 0.2) is 0 Å². The second-order valence-corrected chi connectivity index (χ2v) is 3.50. The van der Waals surface area contributed by atoms with Crippen molar-refractivity contribution < 1.29 is 9.47 Å². The quantitative estimate of drug-likeness (QED) is 0.876. The highest BCUT2D eigenvalue weighted by Crippen LogP contribution is 2.25. The lowest BCUT2D eigenvalue weighted by molar-refractivity contribution is 0.407. The number of rotatable bonds is 3. The molecule has 0 unspecified atom stereocenters. The lowest BCUT2D eigenvalue weighted by Gasteiger charge is -2.08. The molecule has 0 aliphatic rings. The summed E-state index contributed by atoms with van der Waals surface area (Å²) in [6.07, 6.45) is 1.62. The van der Waals surface area contributed by atoms with Crippen molar-refractivity contribution in [3.05, 3.63) is 36.0 Å². The first kappa shape index (κ1) is 11.2. The van der Waals surface area contributed by atoms with Gasteiger partial charge in [-0.15, -0.1) is 0 Å². The Kier molecular flexibility index (Phi) is 3.09. The summed E-state index contributed by atoms with van der Waals surface area (Å²) in [5.41, 5.74) is 6.33. The van der Waals surface area contributed by atoms with Gasteiger partial charge in [-0.3, -0.25) is 0 Å². The highest BCUT2D eigenvalue weighted by Gasteiger charge is 2.05. The maximum atomic E-state index is 5.62. The topological polar surface area (TPSA) is 70.3 Å². The van der Waals surface area contributed by atoms with E-state index < -0.39 is 0 Å². The number of benzene rings is 1. The van der Waals surface area contributed by atoms with Gasteiger partial charge >= 0.3 is 0 Å². The van der Waals surface area contributed by atoms with Crippen LogP contribution in [0.4, 0.5) is 5.95 Å². The molecule has 1 aromatic heterocycles. The zero-order valence-corrected chi connectivity index (χ0v) is 9.68. The second kappa shape index (κ2) is 4.69. The van der Waals surface area contributed by atoms with Crippen molar-refractivity contribution in [1.82, 2.24) is 9.97 Å². The van der Waals surface area contributed by atoms with Gasteiger partial charge in [-0.2, -0.15) is 4.98 Å². The largest absolute Gasteiger partial charge is 0.497 e. The number of aromatic nitrogens is 2. The highest BCUT2D eigenvalue weighted by molar-refractivity contribution is 5.37. The van der Waals surface area contributed by atoms with Crippen molar-refractivity contribution in [2.75, 3.05) is 12.8 Å². The van der Waals surface area contributed by atoms with E-state index in [0.29, 0.717) is 11.6 Å². The highest BCUT2D eigenvalue weighted by atomic mass is 16.5. The van der Waals surface area contributed by atoms with Gasteiger partial charge in [0, 0.05) is 17.8 Å². The van der Waals surface area contributed by atoms with E-state index in [1.54, 1.807) is 19.4 Å². The summed E-state index contributed by atoms with van der Waals surface area (Å²) in [6.45, 7) is 1.86. The van der Waals surface area contributed by atoms with Gasteiger partial charge in [-0.1, -0.05) is 6.07 Å². The molecule has 0 spiro atoms. The maximum absolute atomic E-state index is 5.62. The average molecular weight is 231 g/mol. The Morgan fingerprint density at radius 1 is 1.24 bits per heavy atom. The van der Waals surface area contributed by atoms with E-state index in [9.17, 15) is 0 Å². The number of nitrogen functional groups attached to an aromatic ring is 1. The first-order valence-electron chi connectivity index (χ1n) is 5.10. The van der Waals surface area contributed by atoms with Crippen molar-refractivity contribution in [1.29, 1.82) is 0 Å². The number of hydrogen-bond acceptors (Lipinski definition) is 5. The summed E-state index contributed by atoms with van der Waals surface area (Å²) in [5.74, 6) is 2.01. The molecule has 5 nitrogen and oxygen atoms in total. The van der Waals surface area contributed by atoms with E-state index in [1.807, 2.05) is 25.1 Å². The molecular formula is C12H13N3O2. The standard InChI is InChI=1S/C12H13N3O2/c1-8-7-14-12(13)15-11(8)17-10-5-3-4-9(6-10)16-2/h3-7H,1-2H3,(H2,13,14,15). The van der Waals surface area contributed by atoms with Gasteiger partial charge in [0.25, 0.3) is 0 Å². The first-order valence-corrected chi connectivity index (χ1v) is 5.10. The molecular weight excluding hydrogens is 218 g/mol. The molecule has 0 radical (unpaired) electrons. The Balaban J connectivity index is 2.27. The zero-order valence-electron chi connectivity index (χ0n) is 9.68. The predicted molar refractivity (Wildman–Crippen MR) is 64.2 cm³/mol. The van der Waals surface area contributed by atoms with E-state index in [2.05, 4.69) is 9.97 Å². The number of nitrogens with two attached hydrogens (primary N) is 1. The normalized spacial score (nSPS) is 10.0. The predicted octanol–water partition coefficient (Wildman–Crippen LogP) is 2.17. The van der Waals surface area contributed by atoms with Gasteiger partial charge in [-0.05, 0) is 19.1 Å². The van der Waals surface area contributed by atoms with Crippen molar-refractivity contribution in [3.63, 3.8) is 0 Å². The van der Waals surface area contributed by atoms with Gasteiger partial charge < -0.3 is 15.2 Å². The van der Waals surface area contributed by atoms with Crippen LogP contribution in [0.2, 0.25) is 0 Å². The van der Waals surface area contributed by atoms with Crippen LogP contribution in [0, 0.1) is 6.92 Å².